The number of benzene rings is 1. The van der Waals surface area contributed by atoms with E-state index in [0.29, 0.717) is 18.2 Å². The molecule has 0 saturated carbocycles. The van der Waals surface area contributed by atoms with Gasteiger partial charge in [-0.2, -0.15) is 5.16 Å². The number of halogens is 3. The smallest absolute Gasteiger partial charge is 0.409 e. The molecule has 1 fully saturated rings. The Morgan fingerprint density at radius 3 is 2.60 bits per heavy atom. The maximum Gasteiger partial charge on any atom is 0.409 e. The lowest BCUT2D eigenvalue weighted by Crippen LogP contribution is -2.41. The second-order valence-electron chi connectivity index (χ2n) is 5.80. The first-order valence-corrected chi connectivity index (χ1v) is 7.58. The van der Waals surface area contributed by atoms with Gasteiger partial charge in [0.1, 0.15) is 11.6 Å². The third kappa shape index (κ3) is 3.26. The average Bonchev–Trinajstić information content (AvgIpc) is 3.03. The minimum atomic E-state index is -1.31. The molecule has 2 atom stereocenters. The van der Waals surface area contributed by atoms with E-state index < -0.39 is 35.1 Å². The Bertz CT molecular complexity index is 848. The fraction of sp³-hybridized carbons (Fsp3) is 0.375. The fourth-order valence-electron chi connectivity index (χ4n) is 3.15. The highest BCUT2D eigenvalue weighted by Gasteiger charge is 2.37. The normalized spacial score (nSPS) is 20.6. The van der Waals surface area contributed by atoms with Crippen LogP contribution in [0.25, 0.3) is 0 Å². The van der Waals surface area contributed by atoms with Crippen LogP contribution in [-0.4, -0.2) is 29.8 Å². The molecule has 0 bridgehead atoms. The van der Waals surface area contributed by atoms with E-state index in [1.54, 1.807) is 0 Å². The van der Waals surface area contributed by atoms with Crippen molar-refractivity contribution in [2.45, 2.75) is 24.8 Å². The molecule has 1 saturated heterocycles. The maximum absolute atomic E-state index is 14.2. The monoisotopic (exact) mass is 356 g/mol. The molecular formula is C16H15F3N2O4. The molecule has 0 spiro atoms. The van der Waals surface area contributed by atoms with Gasteiger partial charge in [-0.3, -0.25) is 4.79 Å². The van der Waals surface area contributed by atoms with Gasteiger partial charge in [-0.25, -0.2) is 18.0 Å². The molecular weight excluding hydrogens is 341 g/mol. The number of H-pyrrole nitrogens is 1. The van der Waals surface area contributed by atoms with Gasteiger partial charge in [-0.05, 0) is 18.9 Å². The molecule has 1 aliphatic heterocycles. The first-order valence-electron chi connectivity index (χ1n) is 7.58. The Labute approximate surface area is 140 Å². The average molecular weight is 356 g/mol. The molecule has 9 heteroatoms. The van der Waals surface area contributed by atoms with Crippen molar-refractivity contribution < 1.29 is 27.2 Å². The molecule has 0 unspecified atom stereocenters. The molecule has 1 aromatic heterocycles. The van der Waals surface area contributed by atoms with Crippen molar-refractivity contribution in [1.29, 1.82) is 0 Å². The van der Waals surface area contributed by atoms with Gasteiger partial charge in [0, 0.05) is 30.2 Å². The quantitative estimate of drug-likeness (QED) is 0.839. The first-order chi connectivity index (χ1) is 11.9. The van der Waals surface area contributed by atoms with Gasteiger partial charge in [-0.1, -0.05) is 0 Å². The Hall–Kier alpha value is -2.71. The van der Waals surface area contributed by atoms with E-state index in [9.17, 15) is 22.8 Å². The summed E-state index contributed by atoms with van der Waals surface area (Å²) in [5.74, 6) is -3.42. The maximum atomic E-state index is 14.2. The predicted octanol–water partition coefficient (Wildman–Crippen LogP) is 3.07. The van der Waals surface area contributed by atoms with Gasteiger partial charge in [0.05, 0.1) is 13.2 Å². The summed E-state index contributed by atoms with van der Waals surface area (Å²) in [4.78, 5) is 24.5. The van der Waals surface area contributed by atoms with Crippen LogP contribution in [-0.2, 0) is 4.74 Å². The summed E-state index contributed by atoms with van der Waals surface area (Å²) in [5, 5.41) is 2.17. The minimum absolute atomic E-state index is 0.160. The number of rotatable bonds is 2. The van der Waals surface area contributed by atoms with Crippen LogP contribution in [0.5, 0.6) is 0 Å². The lowest BCUT2D eigenvalue weighted by atomic mass is 9.85. The number of amides is 1. The highest BCUT2D eigenvalue weighted by atomic mass is 19.2. The lowest BCUT2D eigenvalue weighted by molar-refractivity contribution is 0.0802. The number of hydrogen-bond acceptors (Lipinski definition) is 4. The number of nitrogens with one attached hydrogen (secondary N) is 1. The zero-order chi connectivity index (χ0) is 18.1. The number of hydrogen-bond donors (Lipinski definition) is 1. The molecule has 6 nitrogen and oxygen atoms in total. The van der Waals surface area contributed by atoms with Crippen LogP contribution in [0.15, 0.2) is 27.5 Å². The van der Waals surface area contributed by atoms with Crippen molar-refractivity contribution in [2.24, 2.45) is 0 Å². The van der Waals surface area contributed by atoms with E-state index in [4.69, 9.17) is 9.26 Å². The molecule has 3 rings (SSSR count). The zero-order valence-electron chi connectivity index (χ0n) is 13.2. The Balaban J connectivity index is 1.99. The summed E-state index contributed by atoms with van der Waals surface area (Å²) in [5.41, 5.74) is -0.576. The number of piperidine rings is 1. The second kappa shape index (κ2) is 6.66. The molecule has 0 radical (unpaired) electrons. The number of nitrogens with zero attached hydrogens (tertiary/aromatic N) is 1. The van der Waals surface area contributed by atoms with Crippen LogP contribution >= 0.6 is 0 Å². The SMILES string of the molecule is COC(=O)N1CC[C@H](c2cc(=O)[nH]o2)C[C@@H]1c1cc(F)c(F)cc1F. The predicted molar refractivity (Wildman–Crippen MR) is 79.5 cm³/mol. The van der Waals surface area contributed by atoms with Crippen LogP contribution in [0.4, 0.5) is 18.0 Å². The van der Waals surface area contributed by atoms with Crippen molar-refractivity contribution in [3.63, 3.8) is 0 Å². The fourth-order valence-corrected chi connectivity index (χ4v) is 3.15. The molecule has 1 aromatic carbocycles. The third-order valence-electron chi connectivity index (χ3n) is 4.36. The van der Waals surface area contributed by atoms with Gasteiger partial charge in [0.25, 0.3) is 5.56 Å². The number of aromatic amines is 1. The van der Waals surface area contributed by atoms with Crippen LogP contribution in [0, 0.1) is 17.5 Å². The van der Waals surface area contributed by atoms with Gasteiger partial charge < -0.3 is 14.2 Å². The molecule has 2 heterocycles. The summed E-state index contributed by atoms with van der Waals surface area (Å²) < 4.78 is 50.8. The number of carbonyl (C=O) groups excluding carboxylic acids is 1. The van der Waals surface area contributed by atoms with Crippen LogP contribution in [0.1, 0.15) is 36.1 Å². The van der Waals surface area contributed by atoms with Crippen molar-refractivity contribution >= 4 is 6.09 Å². The van der Waals surface area contributed by atoms with Gasteiger partial charge in [0.2, 0.25) is 0 Å². The van der Waals surface area contributed by atoms with Crippen molar-refractivity contribution in [3.05, 3.63) is 57.3 Å². The van der Waals surface area contributed by atoms with E-state index >= 15 is 0 Å². The summed E-state index contributed by atoms with van der Waals surface area (Å²) in [7, 11) is 1.18. The summed E-state index contributed by atoms with van der Waals surface area (Å²) in [6.07, 6.45) is -0.0987. The minimum Gasteiger partial charge on any atom is -0.453 e. The van der Waals surface area contributed by atoms with Crippen molar-refractivity contribution in [1.82, 2.24) is 10.1 Å². The zero-order valence-corrected chi connectivity index (χ0v) is 13.2. The molecule has 1 aliphatic rings. The Kier molecular flexibility index (Phi) is 4.56. The molecule has 2 aromatic rings. The number of ether oxygens (including phenoxy) is 1. The van der Waals surface area contributed by atoms with Crippen molar-refractivity contribution in [2.75, 3.05) is 13.7 Å². The summed E-state index contributed by atoms with van der Waals surface area (Å²) in [6.45, 7) is 0.176. The van der Waals surface area contributed by atoms with Crippen LogP contribution in [0.2, 0.25) is 0 Å². The highest BCUT2D eigenvalue weighted by Crippen LogP contribution is 2.40. The highest BCUT2D eigenvalue weighted by molar-refractivity contribution is 5.68. The number of carbonyl (C=O) groups is 1. The number of likely N-dealkylation sites (tertiary alicyclic amines) is 1. The van der Waals surface area contributed by atoms with Crippen molar-refractivity contribution in [3.8, 4) is 0 Å². The lowest BCUT2D eigenvalue weighted by Gasteiger charge is -2.38. The van der Waals surface area contributed by atoms with Gasteiger partial charge in [-0.15, -0.1) is 0 Å². The van der Waals surface area contributed by atoms with E-state index in [-0.39, 0.29) is 24.4 Å². The van der Waals surface area contributed by atoms with Crippen LogP contribution in [0.3, 0.4) is 0 Å². The van der Waals surface area contributed by atoms with E-state index in [1.165, 1.54) is 18.1 Å². The number of methoxy groups -OCH3 is 1. The Morgan fingerprint density at radius 1 is 1.24 bits per heavy atom. The number of aromatic nitrogens is 1. The summed E-state index contributed by atoms with van der Waals surface area (Å²) in [6, 6.07) is 1.57. The standard InChI is InChI=1S/C16H15F3N2O4/c1-24-16(23)21-3-2-8(14-7-15(22)20-25-14)4-13(21)9-5-11(18)12(19)6-10(9)17/h5-8,13H,2-4H2,1H3,(H,20,22)/t8-,13+/m0/s1. The molecule has 134 valence electrons. The van der Waals surface area contributed by atoms with Gasteiger partial charge in [0.15, 0.2) is 11.6 Å². The second-order valence-corrected chi connectivity index (χ2v) is 5.80. The third-order valence-corrected chi connectivity index (χ3v) is 4.36. The molecule has 25 heavy (non-hydrogen) atoms. The molecule has 1 amide bonds. The van der Waals surface area contributed by atoms with E-state index in [1.807, 2.05) is 0 Å². The topological polar surface area (TPSA) is 75.5 Å². The summed E-state index contributed by atoms with van der Waals surface area (Å²) >= 11 is 0. The van der Waals surface area contributed by atoms with E-state index in [0.717, 1.165) is 6.07 Å². The largest absolute Gasteiger partial charge is 0.453 e. The molecule has 0 aliphatic carbocycles. The van der Waals surface area contributed by atoms with E-state index in [2.05, 4.69) is 5.16 Å². The Morgan fingerprint density at radius 2 is 1.96 bits per heavy atom. The van der Waals surface area contributed by atoms with Crippen LogP contribution < -0.4 is 5.56 Å². The first kappa shape index (κ1) is 17.1. The molecule has 1 N–H and O–H groups in total. The van der Waals surface area contributed by atoms with Gasteiger partial charge >= 0.3 is 6.09 Å².